The predicted molar refractivity (Wildman–Crippen MR) is 89.0 cm³/mol. The van der Waals surface area contributed by atoms with Crippen LogP contribution in [0.1, 0.15) is 65.5 Å². The van der Waals surface area contributed by atoms with Crippen LogP contribution < -0.4 is 0 Å². The Hall–Kier alpha value is -1.73. The standard InChI is InChI=1S/C17H21N3O3S/c21-17(14-5-3-11-24-14)20-8-2-1-4-13(20)16-19-18-15(23-16)12-6-9-22-10-7-12/h3,5,11-13H,1-2,4,6-10H2/t13-/m1/s1. The number of amides is 1. The zero-order valence-corrected chi connectivity index (χ0v) is 14.3. The van der Waals surface area contributed by atoms with Crippen molar-refractivity contribution in [2.75, 3.05) is 19.8 Å². The van der Waals surface area contributed by atoms with Crippen molar-refractivity contribution < 1.29 is 13.9 Å². The van der Waals surface area contributed by atoms with Crippen LogP contribution in [-0.2, 0) is 4.74 Å². The lowest BCUT2D eigenvalue weighted by Crippen LogP contribution is -2.38. The summed E-state index contributed by atoms with van der Waals surface area (Å²) >= 11 is 1.48. The van der Waals surface area contributed by atoms with Crippen molar-refractivity contribution in [3.8, 4) is 0 Å². The number of hydrogen-bond donors (Lipinski definition) is 0. The van der Waals surface area contributed by atoms with Gasteiger partial charge >= 0.3 is 0 Å². The summed E-state index contributed by atoms with van der Waals surface area (Å²) in [6, 6.07) is 3.68. The first kappa shape index (κ1) is 15.8. The van der Waals surface area contributed by atoms with Crippen molar-refractivity contribution in [2.45, 2.75) is 44.1 Å². The van der Waals surface area contributed by atoms with Crippen LogP contribution in [-0.4, -0.2) is 40.8 Å². The lowest BCUT2D eigenvalue weighted by molar-refractivity contribution is 0.0566. The second kappa shape index (κ2) is 7.03. The quantitative estimate of drug-likeness (QED) is 0.851. The molecule has 2 fully saturated rings. The van der Waals surface area contributed by atoms with Gasteiger partial charge in [0, 0.05) is 25.7 Å². The fourth-order valence-electron chi connectivity index (χ4n) is 3.46. The van der Waals surface area contributed by atoms with Gasteiger partial charge in [0.05, 0.1) is 4.88 Å². The Bertz CT molecular complexity index is 679. The number of rotatable bonds is 3. The van der Waals surface area contributed by atoms with Crippen LogP contribution in [0.15, 0.2) is 21.9 Å². The van der Waals surface area contributed by atoms with E-state index in [-0.39, 0.29) is 17.9 Å². The SMILES string of the molecule is O=C(c1cccs1)N1CCCC[C@@H]1c1nnc(C2CCOCC2)o1. The number of hydrogen-bond acceptors (Lipinski definition) is 6. The largest absolute Gasteiger partial charge is 0.423 e. The van der Waals surface area contributed by atoms with Gasteiger partial charge in [-0.15, -0.1) is 21.5 Å². The normalized spacial score (nSPS) is 22.7. The summed E-state index contributed by atoms with van der Waals surface area (Å²) in [6.45, 7) is 2.24. The first-order valence-electron chi connectivity index (χ1n) is 8.58. The van der Waals surface area contributed by atoms with Gasteiger partial charge in [0.2, 0.25) is 11.8 Å². The Morgan fingerprint density at radius 2 is 2.00 bits per heavy atom. The van der Waals surface area contributed by atoms with E-state index in [4.69, 9.17) is 9.15 Å². The van der Waals surface area contributed by atoms with E-state index in [1.807, 2.05) is 22.4 Å². The van der Waals surface area contributed by atoms with Gasteiger partial charge in [0.1, 0.15) is 6.04 Å². The lowest BCUT2D eigenvalue weighted by Gasteiger charge is -2.33. The van der Waals surface area contributed by atoms with Gasteiger partial charge in [-0.25, -0.2) is 0 Å². The molecule has 0 spiro atoms. The summed E-state index contributed by atoms with van der Waals surface area (Å²) in [6.07, 6.45) is 4.82. The summed E-state index contributed by atoms with van der Waals surface area (Å²) in [4.78, 5) is 15.5. The minimum atomic E-state index is -0.102. The molecule has 4 heterocycles. The maximum Gasteiger partial charge on any atom is 0.264 e. The predicted octanol–water partition coefficient (Wildman–Crippen LogP) is 3.39. The number of thiophene rings is 1. The Morgan fingerprint density at radius 1 is 1.17 bits per heavy atom. The number of piperidine rings is 1. The molecule has 1 amide bonds. The van der Waals surface area contributed by atoms with Gasteiger partial charge in [-0.2, -0.15) is 0 Å². The monoisotopic (exact) mass is 347 g/mol. The molecule has 0 saturated carbocycles. The molecular weight excluding hydrogens is 326 g/mol. The smallest absolute Gasteiger partial charge is 0.264 e. The van der Waals surface area contributed by atoms with Crippen molar-refractivity contribution in [3.63, 3.8) is 0 Å². The highest BCUT2D eigenvalue weighted by molar-refractivity contribution is 7.12. The third-order valence-corrected chi connectivity index (χ3v) is 5.67. The summed E-state index contributed by atoms with van der Waals surface area (Å²) in [5.74, 6) is 1.63. The van der Waals surface area contributed by atoms with E-state index >= 15 is 0 Å². The highest BCUT2D eigenvalue weighted by atomic mass is 32.1. The zero-order chi connectivity index (χ0) is 16.4. The molecule has 6 nitrogen and oxygen atoms in total. The molecule has 0 aliphatic carbocycles. The second-order valence-electron chi connectivity index (χ2n) is 6.35. The van der Waals surface area contributed by atoms with Gasteiger partial charge < -0.3 is 14.1 Å². The lowest BCUT2D eigenvalue weighted by atomic mass is 10.0. The average molecular weight is 347 g/mol. The second-order valence-corrected chi connectivity index (χ2v) is 7.30. The highest BCUT2D eigenvalue weighted by Gasteiger charge is 2.33. The van der Waals surface area contributed by atoms with Gasteiger partial charge in [-0.05, 0) is 43.6 Å². The van der Waals surface area contributed by atoms with E-state index in [1.165, 1.54) is 11.3 Å². The number of likely N-dealkylation sites (tertiary alicyclic amines) is 1. The molecule has 2 aromatic rings. The molecule has 0 aromatic carbocycles. The molecule has 7 heteroatoms. The number of aromatic nitrogens is 2. The summed E-state index contributed by atoms with van der Waals surface area (Å²) < 4.78 is 11.4. The summed E-state index contributed by atoms with van der Waals surface area (Å²) in [5.41, 5.74) is 0. The number of nitrogens with zero attached hydrogens (tertiary/aromatic N) is 3. The molecule has 2 aromatic heterocycles. The van der Waals surface area contributed by atoms with Crippen LogP contribution >= 0.6 is 11.3 Å². The minimum Gasteiger partial charge on any atom is -0.423 e. The topological polar surface area (TPSA) is 68.5 Å². The number of ether oxygens (including phenoxy) is 1. The Balaban J connectivity index is 1.54. The van der Waals surface area contributed by atoms with Gasteiger partial charge in [0.15, 0.2) is 0 Å². The van der Waals surface area contributed by atoms with Gasteiger partial charge in [0.25, 0.3) is 5.91 Å². The van der Waals surface area contributed by atoms with E-state index in [0.29, 0.717) is 11.8 Å². The molecule has 0 N–H and O–H groups in total. The molecular formula is C17H21N3O3S. The van der Waals surface area contributed by atoms with Crippen molar-refractivity contribution in [3.05, 3.63) is 34.2 Å². The van der Waals surface area contributed by atoms with Crippen LogP contribution in [0.2, 0.25) is 0 Å². The molecule has 2 saturated heterocycles. The Morgan fingerprint density at radius 3 is 2.79 bits per heavy atom. The average Bonchev–Trinajstić information content (AvgIpc) is 3.34. The molecule has 0 radical (unpaired) electrons. The van der Waals surface area contributed by atoms with E-state index in [0.717, 1.165) is 56.7 Å². The summed E-state index contributed by atoms with van der Waals surface area (Å²) in [5, 5.41) is 10.5. The molecule has 4 rings (SSSR count). The number of carbonyl (C=O) groups is 1. The van der Waals surface area contributed by atoms with Crippen molar-refractivity contribution in [2.24, 2.45) is 0 Å². The first-order chi connectivity index (χ1) is 11.8. The van der Waals surface area contributed by atoms with Crippen molar-refractivity contribution in [1.29, 1.82) is 0 Å². The van der Waals surface area contributed by atoms with Crippen LogP contribution in [0.4, 0.5) is 0 Å². The molecule has 2 aliphatic heterocycles. The third-order valence-electron chi connectivity index (χ3n) is 4.81. The van der Waals surface area contributed by atoms with E-state index < -0.39 is 0 Å². The molecule has 1 atom stereocenters. The highest BCUT2D eigenvalue weighted by Crippen LogP contribution is 2.34. The van der Waals surface area contributed by atoms with Crippen LogP contribution in [0.25, 0.3) is 0 Å². The van der Waals surface area contributed by atoms with E-state index in [9.17, 15) is 4.79 Å². The van der Waals surface area contributed by atoms with Crippen LogP contribution in [0.3, 0.4) is 0 Å². The fourth-order valence-corrected chi connectivity index (χ4v) is 4.14. The number of carbonyl (C=O) groups excluding carboxylic acids is 1. The molecule has 128 valence electrons. The molecule has 0 bridgehead atoms. The van der Waals surface area contributed by atoms with Gasteiger partial charge in [-0.3, -0.25) is 4.79 Å². The maximum absolute atomic E-state index is 12.8. The van der Waals surface area contributed by atoms with E-state index in [1.54, 1.807) is 0 Å². The first-order valence-corrected chi connectivity index (χ1v) is 9.46. The third kappa shape index (κ3) is 3.10. The van der Waals surface area contributed by atoms with Crippen LogP contribution in [0, 0.1) is 0 Å². The van der Waals surface area contributed by atoms with Crippen molar-refractivity contribution in [1.82, 2.24) is 15.1 Å². The zero-order valence-electron chi connectivity index (χ0n) is 13.5. The maximum atomic E-state index is 12.8. The molecule has 2 aliphatic rings. The Labute approximate surface area is 144 Å². The Kier molecular flexibility index (Phi) is 4.62. The molecule has 24 heavy (non-hydrogen) atoms. The van der Waals surface area contributed by atoms with Crippen molar-refractivity contribution >= 4 is 17.2 Å². The van der Waals surface area contributed by atoms with Gasteiger partial charge in [-0.1, -0.05) is 6.07 Å². The van der Waals surface area contributed by atoms with Crippen LogP contribution in [0.5, 0.6) is 0 Å². The summed E-state index contributed by atoms with van der Waals surface area (Å²) in [7, 11) is 0. The minimum absolute atomic E-state index is 0.0699. The molecule has 0 unspecified atom stereocenters. The van der Waals surface area contributed by atoms with E-state index in [2.05, 4.69) is 10.2 Å². The fraction of sp³-hybridized carbons (Fsp3) is 0.588.